The monoisotopic (exact) mass is 502 g/mol. The quantitative estimate of drug-likeness (QED) is 0.371. The zero-order chi connectivity index (χ0) is 25.7. The van der Waals surface area contributed by atoms with Gasteiger partial charge in [-0.05, 0) is 62.1 Å². The van der Waals surface area contributed by atoms with Crippen molar-refractivity contribution in [3.63, 3.8) is 0 Å². The number of anilines is 1. The summed E-state index contributed by atoms with van der Waals surface area (Å²) in [5, 5.41) is 0.896. The third-order valence-corrected chi connectivity index (χ3v) is 6.13. The van der Waals surface area contributed by atoms with E-state index in [-0.39, 0.29) is 18.1 Å². The Bertz CT molecular complexity index is 1180. The number of rotatable bonds is 8. The molecule has 2 aromatic carbocycles. The minimum Gasteiger partial charge on any atom is -0.491 e. The van der Waals surface area contributed by atoms with Gasteiger partial charge in [0.25, 0.3) is 0 Å². The highest BCUT2D eigenvalue weighted by Crippen LogP contribution is 2.28. The maximum Gasteiger partial charge on any atom is 0.471 e. The molecule has 0 aliphatic carbocycles. The number of pyridine rings is 1. The molecule has 2 unspecified atom stereocenters. The molecule has 192 valence electrons. The topological polar surface area (TPSA) is 60.9 Å². The first-order valence-electron chi connectivity index (χ1n) is 12.0. The number of aromatic nitrogens is 1. The molecule has 0 spiro atoms. The lowest BCUT2D eigenvalue weighted by molar-refractivity contribution is -0.193. The number of benzene rings is 2. The van der Waals surface area contributed by atoms with Gasteiger partial charge in [-0.25, -0.2) is 4.98 Å². The number of carbonyl (C=O) groups is 1. The Morgan fingerprint density at radius 3 is 2.58 bits per heavy atom. The lowest BCUT2D eigenvalue weighted by atomic mass is 10.1. The average molecular weight is 503 g/mol. The Labute approximate surface area is 208 Å². The molecular weight excluding hydrogens is 473 g/mol. The number of hydrogen-bond acceptors (Lipinski definition) is 5. The van der Waals surface area contributed by atoms with Gasteiger partial charge < -0.3 is 19.1 Å². The van der Waals surface area contributed by atoms with E-state index in [0.717, 1.165) is 55.8 Å². The third-order valence-electron chi connectivity index (χ3n) is 6.13. The summed E-state index contributed by atoms with van der Waals surface area (Å²) in [6, 6.07) is 15.6. The lowest BCUT2D eigenvalue weighted by Crippen LogP contribution is -2.38. The van der Waals surface area contributed by atoms with Crippen LogP contribution in [0.25, 0.3) is 22.2 Å². The van der Waals surface area contributed by atoms with Gasteiger partial charge in [0, 0.05) is 30.3 Å². The summed E-state index contributed by atoms with van der Waals surface area (Å²) in [4.78, 5) is 16.7. The molecule has 0 saturated carbocycles. The number of hydrogen-bond donors (Lipinski definition) is 0. The van der Waals surface area contributed by atoms with Crippen LogP contribution in [0.2, 0.25) is 0 Å². The van der Waals surface area contributed by atoms with Crippen molar-refractivity contribution in [2.24, 2.45) is 0 Å². The van der Waals surface area contributed by atoms with Crippen LogP contribution in [0.4, 0.5) is 18.9 Å². The molecule has 4 rings (SSSR count). The first kappa shape index (κ1) is 25.9. The molecular formula is C27H29F3N2O4. The third kappa shape index (κ3) is 6.33. The van der Waals surface area contributed by atoms with Gasteiger partial charge in [0.1, 0.15) is 12.4 Å². The fourth-order valence-electron chi connectivity index (χ4n) is 3.99. The van der Waals surface area contributed by atoms with Gasteiger partial charge in [-0.15, -0.1) is 0 Å². The molecule has 0 radical (unpaired) electrons. The van der Waals surface area contributed by atoms with Crippen LogP contribution >= 0.6 is 0 Å². The maximum absolute atomic E-state index is 12.7. The summed E-state index contributed by atoms with van der Waals surface area (Å²) in [5.74, 6) is -1.21. The van der Waals surface area contributed by atoms with E-state index < -0.39 is 12.1 Å². The maximum atomic E-state index is 12.7. The highest BCUT2D eigenvalue weighted by molar-refractivity contribution is 5.97. The summed E-state index contributed by atoms with van der Waals surface area (Å²) >= 11 is 0. The molecule has 1 aliphatic rings. The molecule has 1 amide bonds. The van der Waals surface area contributed by atoms with Crippen LogP contribution in [-0.2, 0) is 14.3 Å². The Balaban J connectivity index is 1.41. The van der Waals surface area contributed by atoms with Crippen LogP contribution in [0, 0.1) is 0 Å². The first-order valence-corrected chi connectivity index (χ1v) is 12.0. The van der Waals surface area contributed by atoms with Crippen molar-refractivity contribution >= 4 is 22.5 Å². The second kappa shape index (κ2) is 11.3. The Morgan fingerprint density at radius 1 is 1.14 bits per heavy atom. The predicted octanol–water partition coefficient (Wildman–Crippen LogP) is 6.13. The van der Waals surface area contributed by atoms with E-state index in [1.54, 1.807) is 12.1 Å². The van der Waals surface area contributed by atoms with Crippen LogP contribution in [0.3, 0.4) is 0 Å². The molecule has 1 saturated heterocycles. The SMILES string of the molecule is CCC(COc1ccc2nc(-c3ccc(N(C)C(=O)C(F)(F)F)cc3)ccc2c1)OC1CCCCO1. The van der Waals surface area contributed by atoms with Crippen molar-refractivity contribution < 1.29 is 32.2 Å². The summed E-state index contributed by atoms with van der Waals surface area (Å²) in [7, 11) is 1.09. The minimum atomic E-state index is -4.93. The number of alkyl halides is 3. The normalized spacial score (nSPS) is 17.1. The van der Waals surface area contributed by atoms with Crippen LogP contribution < -0.4 is 9.64 Å². The highest BCUT2D eigenvalue weighted by atomic mass is 19.4. The van der Waals surface area contributed by atoms with Gasteiger partial charge in [0.2, 0.25) is 0 Å². The van der Waals surface area contributed by atoms with Gasteiger partial charge in [-0.3, -0.25) is 4.79 Å². The zero-order valence-electron chi connectivity index (χ0n) is 20.3. The van der Waals surface area contributed by atoms with E-state index in [4.69, 9.17) is 14.2 Å². The van der Waals surface area contributed by atoms with Gasteiger partial charge >= 0.3 is 12.1 Å². The lowest BCUT2D eigenvalue weighted by Gasteiger charge is -2.27. The van der Waals surface area contributed by atoms with E-state index in [9.17, 15) is 18.0 Å². The summed E-state index contributed by atoms with van der Waals surface area (Å²) in [5.41, 5.74) is 2.29. The van der Waals surface area contributed by atoms with Gasteiger partial charge in [-0.1, -0.05) is 25.1 Å². The van der Waals surface area contributed by atoms with Crippen molar-refractivity contribution in [1.82, 2.24) is 4.98 Å². The average Bonchev–Trinajstić information content (AvgIpc) is 2.90. The molecule has 36 heavy (non-hydrogen) atoms. The fraction of sp³-hybridized carbons (Fsp3) is 0.407. The van der Waals surface area contributed by atoms with E-state index >= 15 is 0 Å². The minimum absolute atomic E-state index is 0.0576. The van der Waals surface area contributed by atoms with E-state index in [1.807, 2.05) is 30.3 Å². The number of ether oxygens (including phenoxy) is 3. The number of halogens is 3. The van der Waals surface area contributed by atoms with Crippen molar-refractivity contribution in [3.8, 4) is 17.0 Å². The number of carbonyl (C=O) groups excluding carboxylic acids is 1. The highest BCUT2D eigenvalue weighted by Gasteiger charge is 2.41. The van der Waals surface area contributed by atoms with Gasteiger partial charge in [-0.2, -0.15) is 13.2 Å². The molecule has 2 heterocycles. The first-order chi connectivity index (χ1) is 17.2. The molecule has 2 atom stereocenters. The van der Waals surface area contributed by atoms with Gasteiger partial charge in [0.15, 0.2) is 6.29 Å². The van der Waals surface area contributed by atoms with Crippen molar-refractivity contribution in [3.05, 3.63) is 54.6 Å². The molecule has 9 heteroatoms. The standard InChI is InChI=1S/C27H29F3N2O4/c1-3-21(36-25-6-4-5-15-34-25)17-35-22-12-14-24-19(16-22)9-13-23(31-24)18-7-10-20(11-8-18)32(2)26(33)27(28,29)30/h7-14,16,21,25H,3-6,15,17H2,1-2H3. The molecule has 1 aromatic heterocycles. The Kier molecular flexibility index (Phi) is 8.11. The van der Waals surface area contributed by atoms with Crippen molar-refractivity contribution in [2.75, 3.05) is 25.2 Å². The van der Waals surface area contributed by atoms with E-state index in [2.05, 4.69) is 11.9 Å². The largest absolute Gasteiger partial charge is 0.491 e. The zero-order valence-corrected chi connectivity index (χ0v) is 20.3. The summed E-state index contributed by atoms with van der Waals surface area (Å²) < 4.78 is 55.7. The van der Waals surface area contributed by atoms with Crippen molar-refractivity contribution in [1.29, 1.82) is 0 Å². The van der Waals surface area contributed by atoms with Crippen LogP contribution in [0.1, 0.15) is 32.6 Å². The predicted molar refractivity (Wildman–Crippen MR) is 131 cm³/mol. The molecule has 1 aliphatic heterocycles. The smallest absolute Gasteiger partial charge is 0.471 e. The number of fused-ring (bicyclic) bond motifs is 1. The van der Waals surface area contributed by atoms with Crippen LogP contribution in [-0.4, -0.2) is 49.7 Å². The summed E-state index contributed by atoms with van der Waals surface area (Å²) in [6.07, 6.45) is -1.23. The van der Waals surface area contributed by atoms with E-state index in [1.165, 1.54) is 12.1 Å². The molecule has 6 nitrogen and oxygen atoms in total. The van der Waals surface area contributed by atoms with Crippen LogP contribution in [0.15, 0.2) is 54.6 Å². The number of amides is 1. The Morgan fingerprint density at radius 2 is 1.92 bits per heavy atom. The number of nitrogens with zero attached hydrogens (tertiary/aromatic N) is 2. The molecule has 1 fully saturated rings. The Hall–Kier alpha value is -3.17. The molecule has 0 bridgehead atoms. The van der Waals surface area contributed by atoms with E-state index in [0.29, 0.717) is 23.0 Å². The second-order valence-corrected chi connectivity index (χ2v) is 8.73. The fourth-order valence-corrected chi connectivity index (χ4v) is 3.99. The van der Waals surface area contributed by atoms with Crippen LogP contribution in [0.5, 0.6) is 5.75 Å². The second-order valence-electron chi connectivity index (χ2n) is 8.73. The van der Waals surface area contributed by atoms with Crippen molar-refractivity contribution in [2.45, 2.75) is 51.2 Å². The summed E-state index contributed by atoms with van der Waals surface area (Å²) in [6.45, 7) is 3.22. The van der Waals surface area contributed by atoms with Gasteiger partial charge in [0.05, 0.1) is 17.3 Å². The molecule has 3 aromatic rings. The molecule has 0 N–H and O–H groups in total.